The van der Waals surface area contributed by atoms with Crippen molar-refractivity contribution in [1.82, 2.24) is 4.98 Å². The number of thiazole rings is 1. The van der Waals surface area contributed by atoms with Crippen molar-refractivity contribution in [3.8, 4) is 11.3 Å². The van der Waals surface area contributed by atoms with Crippen LogP contribution in [0.4, 0.5) is 0 Å². The SMILES string of the molecule is CCCC(CCC)c1nc(-c2ccc3c(c2)C(C)(CC)CCC3(C)C)cs1. The Bertz CT molecular complexity index is 766. The van der Waals surface area contributed by atoms with E-state index < -0.39 is 0 Å². The van der Waals surface area contributed by atoms with Crippen LogP contribution in [0.3, 0.4) is 0 Å². The molecular formula is C25H37NS. The first-order valence-corrected chi connectivity index (χ1v) is 11.8. The van der Waals surface area contributed by atoms with E-state index in [1.165, 1.54) is 61.2 Å². The van der Waals surface area contributed by atoms with Crippen molar-refractivity contribution in [2.45, 2.75) is 103 Å². The van der Waals surface area contributed by atoms with Crippen molar-refractivity contribution in [3.05, 3.63) is 39.7 Å². The Morgan fingerprint density at radius 1 is 1.00 bits per heavy atom. The number of fused-ring (bicyclic) bond motifs is 1. The van der Waals surface area contributed by atoms with Crippen molar-refractivity contribution in [1.29, 1.82) is 0 Å². The fourth-order valence-corrected chi connectivity index (χ4v) is 5.71. The summed E-state index contributed by atoms with van der Waals surface area (Å²) in [6, 6.07) is 7.18. The Morgan fingerprint density at radius 2 is 1.70 bits per heavy atom. The predicted octanol–water partition coefficient (Wildman–Crippen LogP) is 8.23. The van der Waals surface area contributed by atoms with Crippen molar-refractivity contribution < 1.29 is 0 Å². The minimum Gasteiger partial charge on any atom is -0.241 e. The lowest BCUT2D eigenvalue weighted by atomic mass is 9.61. The van der Waals surface area contributed by atoms with Crippen molar-refractivity contribution in [3.63, 3.8) is 0 Å². The van der Waals surface area contributed by atoms with Gasteiger partial charge in [0.25, 0.3) is 0 Å². The summed E-state index contributed by atoms with van der Waals surface area (Å²) in [4.78, 5) is 5.10. The molecule has 0 aliphatic heterocycles. The smallest absolute Gasteiger partial charge is 0.0963 e. The molecule has 1 aromatic carbocycles. The van der Waals surface area contributed by atoms with Gasteiger partial charge in [-0.15, -0.1) is 11.3 Å². The molecule has 0 saturated heterocycles. The van der Waals surface area contributed by atoms with E-state index in [9.17, 15) is 0 Å². The molecule has 27 heavy (non-hydrogen) atoms. The number of aromatic nitrogens is 1. The summed E-state index contributed by atoms with van der Waals surface area (Å²) in [6.07, 6.45) is 8.76. The van der Waals surface area contributed by atoms with E-state index in [1.807, 2.05) is 11.3 Å². The highest BCUT2D eigenvalue weighted by atomic mass is 32.1. The minimum atomic E-state index is 0.281. The summed E-state index contributed by atoms with van der Waals surface area (Å²) in [7, 11) is 0. The fourth-order valence-electron chi connectivity index (χ4n) is 4.71. The first-order valence-electron chi connectivity index (χ1n) is 11.0. The lowest BCUT2D eigenvalue weighted by Gasteiger charge is -2.43. The Balaban J connectivity index is 1.99. The van der Waals surface area contributed by atoms with Crippen molar-refractivity contribution in [2.75, 3.05) is 0 Å². The van der Waals surface area contributed by atoms with E-state index in [4.69, 9.17) is 4.98 Å². The van der Waals surface area contributed by atoms with Crippen molar-refractivity contribution >= 4 is 11.3 Å². The first kappa shape index (κ1) is 20.6. The quantitative estimate of drug-likeness (QED) is 0.469. The van der Waals surface area contributed by atoms with Crippen molar-refractivity contribution in [2.24, 2.45) is 0 Å². The van der Waals surface area contributed by atoms with Crippen LogP contribution < -0.4 is 0 Å². The molecule has 0 fully saturated rings. The van der Waals surface area contributed by atoms with Crippen LogP contribution in [0, 0.1) is 0 Å². The van der Waals surface area contributed by atoms with Gasteiger partial charge >= 0.3 is 0 Å². The van der Waals surface area contributed by atoms with E-state index >= 15 is 0 Å². The summed E-state index contributed by atoms with van der Waals surface area (Å²) >= 11 is 1.86. The van der Waals surface area contributed by atoms with Crippen LogP contribution in [0.25, 0.3) is 11.3 Å². The summed E-state index contributed by atoms with van der Waals surface area (Å²) in [5.41, 5.74) is 6.17. The third kappa shape index (κ3) is 4.01. The summed E-state index contributed by atoms with van der Waals surface area (Å²) < 4.78 is 0. The highest BCUT2D eigenvalue weighted by molar-refractivity contribution is 7.10. The molecule has 2 heteroatoms. The molecule has 1 aromatic heterocycles. The van der Waals surface area contributed by atoms with Crippen LogP contribution in [0.5, 0.6) is 0 Å². The first-order chi connectivity index (χ1) is 12.8. The van der Waals surface area contributed by atoms with Gasteiger partial charge in [0.2, 0.25) is 0 Å². The van der Waals surface area contributed by atoms with Crippen LogP contribution in [-0.2, 0) is 10.8 Å². The molecule has 0 radical (unpaired) electrons. The maximum atomic E-state index is 5.10. The Kier molecular flexibility index (Phi) is 6.15. The molecule has 0 bridgehead atoms. The molecule has 1 nitrogen and oxygen atoms in total. The van der Waals surface area contributed by atoms with Crippen LogP contribution in [0.15, 0.2) is 23.6 Å². The molecule has 0 amide bonds. The minimum absolute atomic E-state index is 0.281. The Morgan fingerprint density at radius 3 is 2.33 bits per heavy atom. The Labute approximate surface area is 170 Å². The van der Waals surface area contributed by atoms with E-state index in [2.05, 4.69) is 65.1 Å². The zero-order chi connectivity index (χ0) is 19.7. The molecular weight excluding hydrogens is 346 g/mol. The van der Waals surface area contributed by atoms with E-state index in [0.717, 1.165) is 0 Å². The average molecular weight is 384 g/mol. The summed E-state index contributed by atoms with van der Waals surface area (Å²) in [6.45, 7) is 14.2. The van der Waals surface area contributed by atoms with Crippen LogP contribution in [0.2, 0.25) is 0 Å². The second-order valence-electron chi connectivity index (χ2n) is 9.40. The number of hydrogen-bond donors (Lipinski definition) is 0. The van der Waals surface area contributed by atoms with Gasteiger partial charge in [-0.2, -0.15) is 0 Å². The van der Waals surface area contributed by atoms with Gasteiger partial charge in [0.15, 0.2) is 0 Å². The molecule has 1 unspecified atom stereocenters. The lowest BCUT2D eigenvalue weighted by Crippen LogP contribution is -2.35. The number of benzene rings is 1. The fraction of sp³-hybridized carbons (Fsp3) is 0.640. The highest BCUT2D eigenvalue weighted by Crippen LogP contribution is 2.48. The van der Waals surface area contributed by atoms with Gasteiger partial charge in [0.05, 0.1) is 10.7 Å². The van der Waals surface area contributed by atoms with E-state index in [0.29, 0.717) is 11.3 Å². The van der Waals surface area contributed by atoms with Crippen LogP contribution in [-0.4, -0.2) is 4.98 Å². The number of nitrogens with zero attached hydrogens (tertiary/aromatic N) is 1. The molecule has 1 heterocycles. The second-order valence-corrected chi connectivity index (χ2v) is 10.3. The molecule has 0 spiro atoms. The third-order valence-corrected chi connectivity index (χ3v) is 7.93. The van der Waals surface area contributed by atoms with Gasteiger partial charge in [-0.3, -0.25) is 0 Å². The molecule has 1 aliphatic carbocycles. The van der Waals surface area contributed by atoms with Gasteiger partial charge in [-0.1, -0.05) is 66.5 Å². The zero-order valence-electron chi connectivity index (χ0n) is 18.2. The summed E-state index contributed by atoms with van der Waals surface area (Å²) in [5.74, 6) is 0.635. The number of hydrogen-bond acceptors (Lipinski definition) is 2. The monoisotopic (exact) mass is 383 g/mol. The normalized spacial score (nSPS) is 21.4. The molecule has 0 N–H and O–H groups in total. The second kappa shape index (κ2) is 8.07. The van der Waals surface area contributed by atoms with Gasteiger partial charge in [-0.05, 0) is 60.1 Å². The highest BCUT2D eigenvalue weighted by Gasteiger charge is 2.38. The van der Waals surface area contributed by atoms with E-state index in [-0.39, 0.29) is 5.41 Å². The number of rotatable bonds is 7. The average Bonchev–Trinajstić information content (AvgIpc) is 3.15. The van der Waals surface area contributed by atoms with Crippen LogP contribution in [0.1, 0.15) is 109 Å². The van der Waals surface area contributed by atoms with Crippen LogP contribution >= 0.6 is 11.3 Å². The molecule has 3 rings (SSSR count). The molecule has 148 valence electrons. The maximum Gasteiger partial charge on any atom is 0.0963 e. The zero-order valence-corrected chi connectivity index (χ0v) is 19.0. The standard InChI is InChI=1S/C25H37NS/c1-7-10-18(11-8-2)23-26-22(17-27-23)19-12-13-20-21(16-19)25(6,9-3)15-14-24(20,4)5/h12-13,16-18H,7-11,14-15H2,1-6H3. The van der Waals surface area contributed by atoms with E-state index in [1.54, 1.807) is 11.1 Å². The molecule has 0 saturated carbocycles. The van der Waals surface area contributed by atoms with Gasteiger partial charge < -0.3 is 0 Å². The summed E-state index contributed by atoms with van der Waals surface area (Å²) in [5, 5.41) is 3.62. The molecule has 1 atom stereocenters. The predicted molar refractivity (Wildman–Crippen MR) is 120 cm³/mol. The van der Waals surface area contributed by atoms with Gasteiger partial charge in [0, 0.05) is 16.9 Å². The third-order valence-electron chi connectivity index (χ3n) is 6.92. The Hall–Kier alpha value is -1.15. The maximum absolute atomic E-state index is 5.10. The molecule has 1 aliphatic rings. The van der Waals surface area contributed by atoms with Gasteiger partial charge in [0.1, 0.15) is 0 Å². The lowest BCUT2D eigenvalue weighted by molar-refractivity contribution is 0.305. The largest absolute Gasteiger partial charge is 0.241 e. The topological polar surface area (TPSA) is 12.9 Å². The molecule has 2 aromatic rings. The van der Waals surface area contributed by atoms with Gasteiger partial charge in [-0.25, -0.2) is 4.98 Å².